The second-order valence-corrected chi connectivity index (χ2v) is 10.8. The molecule has 1 aliphatic carbocycles. The van der Waals surface area contributed by atoms with Crippen molar-refractivity contribution in [2.75, 3.05) is 24.3 Å². The number of aromatic nitrogens is 1. The molecule has 4 aromatic rings. The molecule has 0 atom stereocenters. The molecule has 3 N–H and O–H groups in total. The first-order valence-electron chi connectivity index (χ1n) is 13.6. The number of anilines is 2. The number of hydrogen-bond donors (Lipinski definition) is 2. The highest BCUT2D eigenvalue weighted by atomic mass is 16.5. The number of benzene rings is 3. The molecule has 0 unspecified atom stereocenters. The highest BCUT2D eigenvalue weighted by Gasteiger charge is 2.27. The molecule has 2 aliphatic rings. The lowest BCUT2D eigenvalue weighted by molar-refractivity contribution is 0.0256. The molecule has 1 aliphatic heterocycles. The molecule has 0 radical (unpaired) electrons. The number of aryl methyl sites for hydroxylation is 2. The largest absolute Gasteiger partial charge is 0.490 e. The van der Waals surface area contributed by atoms with Gasteiger partial charge < -0.3 is 25.1 Å². The van der Waals surface area contributed by atoms with E-state index in [1.54, 1.807) is 0 Å². The Morgan fingerprint density at radius 3 is 2.32 bits per heavy atom. The first-order valence-corrected chi connectivity index (χ1v) is 13.6. The number of nitrogen functional groups attached to an aromatic ring is 1. The Balaban J connectivity index is 1.29. The summed E-state index contributed by atoms with van der Waals surface area (Å²) in [6.07, 6.45) is 5.76. The van der Waals surface area contributed by atoms with Crippen molar-refractivity contribution < 1.29 is 9.47 Å². The predicted molar refractivity (Wildman–Crippen MR) is 152 cm³/mol. The fourth-order valence-electron chi connectivity index (χ4n) is 5.82. The van der Waals surface area contributed by atoms with Gasteiger partial charge in [0, 0.05) is 48.1 Å². The molecule has 1 saturated heterocycles. The number of rotatable bonds is 7. The zero-order valence-corrected chi connectivity index (χ0v) is 21.9. The van der Waals surface area contributed by atoms with Crippen LogP contribution in [0.3, 0.4) is 0 Å². The van der Waals surface area contributed by atoms with Crippen LogP contribution in [0.25, 0.3) is 22.2 Å². The van der Waals surface area contributed by atoms with Crippen LogP contribution in [0.15, 0.2) is 60.7 Å². The maximum absolute atomic E-state index is 6.83. The standard InChI is InChI=1S/C32H37N3O2/c1-21-16-22(2)18-23(17-21)20-34-25-8-6-24(7-9-25)32-31(33)29-11-10-28(37-27-12-14-36-15-13-27)19-30(29)35(32)26-4-3-5-26/h6-11,16-19,26-27,34H,3-5,12-15,20,33H2,1-2H3. The molecule has 0 bridgehead atoms. The van der Waals surface area contributed by atoms with E-state index in [2.05, 4.69) is 84.4 Å². The first-order chi connectivity index (χ1) is 18.0. The van der Waals surface area contributed by atoms with Crippen LogP contribution in [0, 0.1) is 13.8 Å². The predicted octanol–water partition coefficient (Wildman–Crippen LogP) is 7.40. The van der Waals surface area contributed by atoms with Crippen LogP contribution in [-0.2, 0) is 11.3 Å². The van der Waals surface area contributed by atoms with Crippen molar-refractivity contribution in [2.24, 2.45) is 0 Å². The summed E-state index contributed by atoms with van der Waals surface area (Å²) >= 11 is 0. The van der Waals surface area contributed by atoms with Crippen LogP contribution < -0.4 is 15.8 Å². The number of hydrogen-bond acceptors (Lipinski definition) is 4. The van der Waals surface area contributed by atoms with Crippen LogP contribution in [0.5, 0.6) is 5.75 Å². The molecule has 37 heavy (non-hydrogen) atoms. The summed E-state index contributed by atoms with van der Waals surface area (Å²) in [7, 11) is 0. The second-order valence-electron chi connectivity index (χ2n) is 10.8. The molecule has 2 fully saturated rings. The molecule has 192 valence electrons. The van der Waals surface area contributed by atoms with E-state index in [9.17, 15) is 0 Å². The van der Waals surface area contributed by atoms with Gasteiger partial charge in [0.1, 0.15) is 11.9 Å². The lowest BCUT2D eigenvalue weighted by Crippen LogP contribution is -2.25. The Hall–Kier alpha value is -3.44. The Morgan fingerprint density at radius 2 is 1.65 bits per heavy atom. The highest BCUT2D eigenvalue weighted by molar-refractivity contribution is 6.01. The van der Waals surface area contributed by atoms with Crippen LogP contribution in [-0.4, -0.2) is 23.9 Å². The van der Waals surface area contributed by atoms with Gasteiger partial charge >= 0.3 is 0 Å². The van der Waals surface area contributed by atoms with Gasteiger partial charge in [-0.05, 0) is 62.9 Å². The van der Waals surface area contributed by atoms with Gasteiger partial charge in [0.05, 0.1) is 30.1 Å². The van der Waals surface area contributed by atoms with Gasteiger partial charge in [-0.1, -0.05) is 41.5 Å². The number of fused-ring (bicyclic) bond motifs is 1. The molecule has 1 aromatic heterocycles. The monoisotopic (exact) mass is 495 g/mol. The third kappa shape index (κ3) is 4.93. The van der Waals surface area contributed by atoms with E-state index in [1.165, 1.54) is 41.5 Å². The normalized spacial score (nSPS) is 16.6. The van der Waals surface area contributed by atoms with Gasteiger partial charge in [0.2, 0.25) is 0 Å². The Kier molecular flexibility index (Phi) is 6.56. The van der Waals surface area contributed by atoms with Gasteiger partial charge in [0.25, 0.3) is 0 Å². The molecule has 5 nitrogen and oxygen atoms in total. The molecular weight excluding hydrogens is 458 g/mol. The average Bonchev–Trinajstić information content (AvgIpc) is 3.13. The number of nitrogens with zero attached hydrogens (tertiary/aromatic N) is 1. The summed E-state index contributed by atoms with van der Waals surface area (Å²) in [5.74, 6) is 0.926. The van der Waals surface area contributed by atoms with E-state index in [0.717, 1.165) is 66.4 Å². The zero-order valence-electron chi connectivity index (χ0n) is 21.9. The van der Waals surface area contributed by atoms with Crippen molar-refractivity contribution in [3.63, 3.8) is 0 Å². The smallest absolute Gasteiger partial charge is 0.121 e. The lowest BCUT2D eigenvalue weighted by Gasteiger charge is -2.30. The van der Waals surface area contributed by atoms with Crippen molar-refractivity contribution in [1.29, 1.82) is 0 Å². The van der Waals surface area contributed by atoms with Crippen molar-refractivity contribution >= 4 is 22.3 Å². The minimum Gasteiger partial charge on any atom is -0.490 e. The summed E-state index contributed by atoms with van der Waals surface area (Å²) in [6, 6.07) is 22.3. The second kappa shape index (κ2) is 10.1. The lowest BCUT2D eigenvalue weighted by atomic mass is 9.92. The molecule has 0 amide bonds. The third-order valence-electron chi connectivity index (χ3n) is 7.86. The summed E-state index contributed by atoms with van der Waals surface area (Å²) in [6.45, 7) is 6.66. The van der Waals surface area contributed by atoms with Gasteiger partial charge in [-0.25, -0.2) is 0 Å². The van der Waals surface area contributed by atoms with E-state index >= 15 is 0 Å². The van der Waals surface area contributed by atoms with E-state index in [0.29, 0.717) is 6.04 Å². The van der Waals surface area contributed by atoms with Crippen LogP contribution >= 0.6 is 0 Å². The Morgan fingerprint density at radius 1 is 0.919 bits per heavy atom. The van der Waals surface area contributed by atoms with Crippen LogP contribution in [0.1, 0.15) is 54.8 Å². The van der Waals surface area contributed by atoms with Crippen LogP contribution in [0.2, 0.25) is 0 Å². The van der Waals surface area contributed by atoms with Gasteiger partial charge in [-0.3, -0.25) is 0 Å². The average molecular weight is 496 g/mol. The quantitative estimate of drug-likeness (QED) is 0.280. The van der Waals surface area contributed by atoms with E-state index in [4.69, 9.17) is 15.2 Å². The minimum absolute atomic E-state index is 0.221. The van der Waals surface area contributed by atoms with Gasteiger partial charge in [0.15, 0.2) is 0 Å². The summed E-state index contributed by atoms with van der Waals surface area (Å²) < 4.78 is 14.3. The number of ether oxygens (including phenoxy) is 2. The SMILES string of the molecule is Cc1cc(C)cc(CNc2ccc(-c3c(N)c4ccc(OC5CCOCC5)cc4n3C3CCC3)cc2)c1. The molecule has 2 heterocycles. The number of nitrogens with two attached hydrogens (primary N) is 1. The molecular formula is C32H37N3O2. The maximum Gasteiger partial charge on any atom is 0.121 e. The zero-order chi connectivity index (χ0) is 25.4. The fraction of sp³-hybridized carbons (Fsp3) is 0.375. The highest BCUT2D eigenvalue weighted by Crippen LogP contribution is 2.45. The van der Waals surface area contributed by atoms with Crippen molar-refractivity contribution in [2.45, 2.75) is 64.6 Å². The van der Waals surface area contributed by atoms with E-state index in [-0.39, 0.29) is 6.10 Å². The minimum atomic E-state index is 0.221. The molecule has 1 saturated carbocycles. The third-order valence-corrected chi connectivity index (χ3v) is 7.86. The topological polar surface area (TPSA) is 61.4 Å². The van der Waals surface area contributed by atoms with Crippen molar-refractivity contribution in [1.82, 2.24) is 4.57 Å². The summed E-state index contributed by atoms with van der Waals surface area (Å²) in [5, 5.41) is 4.69. The summed E-state index contributed by atoms with van der Waals surface area (Å²) in [4.78, 5) is 0. The van der Waals surface area contributed by atoms with E-state index < -0.39 is 0 Å². The summed E-state index contributed by atoms with van der Waals surface area (Å²) in [5.41, 5.74) is 16.2. The maximum atomic E-state index is 6.83. The van der Waals surface area contributed by atoms with Crippen LogP contribution in [0.4, 0.5) is 11.4 Å². The molecule has 6 rings (SSSR count). The first kappa shape index (κ1) is 23.9. The fourth-order valence-corrected chi connectivity index (χ4v) is 5.82. The van der Waals surface area contributed by atoms with E-state index in [1.807, 2.05) is 0 Å². The Labute approximate surface area is 219 Å². The van der Waals surface area contributed by atoms with Crippen molar-refractivity contribution in [3.8, 4) is 17.0 Å². The molecule has 5 heteroatoms. The van der Waals surface area contributed by atoms with Gasteiger partial charge in [-0.2, -0.15) is 0 Å². The Bertz CT molecular complexity index is 1380. The van der Waals surface area contributed by atoms with Crippen molar-refractivity contribution in [3.05, 3.63) is 77.4 Å². The number of nitrogens with one attached hydrogen (secondary N) is 1. The molecule has 0 spiro atoms. The van der Waals surface area contributed by atoms with Gasteiger partial charge in [-0.15, -0.1) is 0 Å². The molecule has 3 aromatic carbocycles.